The van der Waals surface area contributed by atoms with Crippen LogP contribution in [0, 0.1) is 12.8 Å². The van der Waals surface area contributed by atoms with Crippen LogP contribution in [-0.2, 0) is 16.6 Å². The van der Waals surface area contributed by atoms with E-state index in [1.54, 1.807) is 19.1 Å². The fraction of sp³-hybridized carbons (Fsp3) is 0.462. The van der Waals surface area contributed by atoms with Crippen molar-refractivity contribution < 1.29 is 8.42 Å². The molecule has 1 aromatic rings. The monoisotopic (exact) mass is 298 g/mol. The molecule has 6 nitrogen and oxygen atoms in total. The van der Waals surface area contributed by atoms with Crippen molar-refractivity contribution in [3.05, 3.63) is 29.3 Å². The molecule has 0 aromatic heterocycles. The Hall–Kier alpha value is -1.60. The van der Waals surface area contributed by atoms with E-state index < -0.39 is 10.0 Å². The quantitative estimate of drug-likeness (QED) is 0.549. The summed E-state index contributed by atoms with van der Waals surface area (Å²) in [5.41, 5.74) is 7.21. The first-order valence-electron chi connectivity index (χ1n) is 6.36. The van der Waals surface area contributed by atoms with E-state index in [1.807, 2.05) is 0 Å². The molecule has 0 atom stereocenters. The third-order valence-corrected chi connectivity index (χ3v) is 3.74. The van der Waals surface area contributed by atoms with Crippen molar-refractivity contribution in [2.45, 2.75) is 32.2 Å². The fourth-order valence-corrected chi connectivity index (χ4v) is 2.44. The highest BCUT2D eigenvalue weighted by Crippen LogP contribution is 2.15. The second-order valence-corrected chi connectivity index (χ2v) is 6.65. The molecule has 0 aliphatic rings. The number of aliphatic imine (C=N–C) groups is 1. The zero-order valence-corrected chi connectivity index (χ0v) is 12.9. The van der Waals surface area contributed by atoms with Crippen molar-refractivity contribution in [3.63, 3.8) is 0 Å². The molecule has 0 fully saturated rings. The average Bonchev–Trinajstić information content (AvgIpc) is 2.32. The Morgan fingerprint density at radius 2 is 2.05 bits per heavy atom. The summed E-state index contributed by atoms with van der Waals surface area (Å²) in [4.78, 5) is 4.34. The number of sulfonamides is 1. The summed E-state index contributed by atoms with van der Waals surface area (Å²) >= 11 is 0. The van der Waals surface area contributed by atoms with Gasteiger partial charge in [0.15, 0.2) is 5.96 Å². The van der Waals surface area contributed by atoms with Crippen LogP contribution in [0.15, 0.2) is 28.1 Å². The lowest BCUT2D eigenvalue weighted by molar-refractivity contribution is 0.597. The van der Waals surface area contributed by atoms with Gasteiger partial charge in [-0.2, -0.15) is 0 Å². The molecule has 112 valence electrons. The third kappa shape index (κ3) is 5.18. The van der Waals surface area contributed by atoms with Crippen molar-refractivity contribution in [1.82, 2.24) is 5.32 Å². The summed E-state index contributed by atoms with van der Waals surface area (Å²) in [5, 5.41) is 8.13. The molecule has 0 heterocycles. The molecule has 20 heavy (non-hydrogen) atoms. The summed E-state index contributed by atoms with van der Waals surface area (Å²) in [5.74, 6) is 0.868. The van der Waals surface area contributed by atoms with Crippen molar-refractivity contribution in [3.8, 4) is 0 Å². The van der Waals surface area contributed by atoms with Crippen molar-refractivity contribution in [2.24, 2.45) is 21.8 Å². The van der Waals surface area contributed by atoms with E-state index in [9.17, 15) is 8.42 Å². The maximum atomic E-state index is 11.3. The first kappa shape index (κ1) is 16.5. The predicted molar refractivity (Wildman–Crippen MR) is 80.7 cm³/mol. The highest BCUT2D eigenvalue weighted by molar-refractivity contribution is 7.89. The van der Waals surface area contributed by atoms with Gasteiger partial charge >= 0.3 is 0 Å². The molecule has 0 unspecified atom stereocenters. The van der Waals surface area contributed by atoms with Crippen LogP contribution in [0.25, 0.3) is 0 Å². The molecule has 1 aromatic carbocycles. The van der Waals surface area contributed by atoms with Gasteiger partial charge in [-0.25, -0.2) is 18.5 Å². The van der Waals surface area contributed by atoms with E-state index >= 15 is 0 Å². The van der Waals surface area contributed by atoms with E-state index in [2.05, 4.69) is 24.2 Å². The molecule has 0 spiro atoms. The van der Waals surface area contributed by atoms with E-state index in [0.29, 0.717) is 24.0 Å². The van der Waals surface area contributed by atoms with Crippen LogP contribution < -0.4 is 16.2 Å². The molecule has 5 N–H and O–H groups in total. The molecular formula is C13H22N4O2S. The number of nitrogens with two attached hydrogens (primary N) is 2. The number of benzene rings is 1. The second kappa shape index (κ2) is 6.71. The lowest BCUT2D eigenvalue weighted by atomic mass is 10.1. The number of guanidine groups is 1. The number of hydrogen-bond acceptors (Lipinski definition) is 3. The van der Waals surface area contributed by atoms with Crippen LogP contribution >= 0.6 is 0 Å². The molecule has 0 saturated carbocycles. The number of hydrogen-bond donors (Lipinski definition) is 3. The van der Waals surface area contributed by atoms with Crippen LogP contribution in [0.2, 0.25) is 0 Å². The van der Waals surface area contributed by atoms with E-state index in [4.69, 9.17) is 10.9 Å². The first-order chi connectivity index (χ1) is 9.20. The van der Waals surface area contributed by atoms with Gasteiger partial charge in [0.05, 0.1) is 11.4 Å². The highest BCUT2D eigenvalue weighted by atomic mass is 32.2. The molecule has 0 saturated heterocycles. The van der Waals surface area contributed by atoms with Crippen molar-refractivity contribution in [2.75, 3.05) is 6.54 Å². The van der Waals surface area contributed by atoms with Crippen molar-refractivity contribution >= 4 is 16.0 Å². The zero-order chi connectivity index (χ0) is 15.3. The lowest BCUT2D eigenvalue weighted by Crippen LogP contribution is -2.34. The number of primary sulfonamides is 1. The number of aryl methyl sites for hydroxylation is 1. The number of nitrogens with zero attached hydrogens (tertiary/aromatic N) is 1. The molecule has 7 heteroatoms. The van der Waals surface area contributed by atoms with Crippen LogP contribution in [0.4, 0.5) is 0 Å². The Morgan fingerprint density at radius 3 is 2.55 bits per heavy atom. The summed E-state index contributed by atoms with van der Waals surface area (Å²) in [7, 11) is -3.67. The van der Waals surface area contributed by atoms with Gasteiger partial charge < -0.3 is 11.1 Å². The Balaban J connectivity index is 2.75. The van der Waals surface area contributed by atoms with E-state index in [-0.39, 0.29) is 4.90 Å². The Bertz CT molecular complexity index is 594. The summed E-state index contributed by atoms with van der Waals surface area (Å²) in [6.45, 7) is 7.01. The molecular weight excluding hydrogens is 276 g/mol. The Morgan fingerprint density at radius 1 is 1.40 bits per heavy atom. The largest absolute Gasteiger partial charge is 0.370 e. The first-order valence-corrected chi connectivity index (χ1v) is 7.91. The zero-order valence-electron chi connectivity index (χ0n) is 12.1. The topological polar surface area (TPSA) is 111 Å². The lowest BCUT2D eigenvalue weighted by Gasteiger charge is -2.08. The molecule has 0 bridgehead atoms. The normalized spacial score (nSPS) is 12.8. The molecule has 0 aliphatic heterocycles. The SMILES string of the molecule is Cc1cc(CN=C(N)NCC(C)C)ccc1S(N)(=O)=O. The molecule has 0 radical (unpaired) electrons. The van der Waals surface area contributed by atoms with E-state index in [1.165, 1.54) is 6.07 Å². The van der Waals surface area contributed by atoms with Gasteiger partial charge in [-0.1, -0.05) is 26.0 Å². The number of nitrogens with one attached hydrogen (secondary N) is 1. The van der Waals surface area contributed by atoms with Crippen LogP contribution in [0.1, 0.15) is 25.0 Å². The van der Waals surface area contributed by atoms with Gasteiger partial charge in [0, 0.05) is 6.54 Å². The maximum absolute atomic E-state index is 11.3. The minimum atomic E-state index is -3.67. The highest BCUT2D eigenvalue weighted by Gasteiger charge is 2.11. The Labute approximate surface area is 120 Å². The minimum Gasteiger partial charge on any atom is -0.370 e. The van der Waals surface area contributed by atoms with Gasteiger partial charge in [-0.15, -0.1) is 0 Å². The average molecular weight is 298 g/mol. The Kier molecular flexibility index (Phi) is 5.52. The molecule has 0 amide bonds. The minimum absolute atomic E-state index is 0.135. The smallest absolute Gasteiger partial charge is 0.238 e. The van der Waals surface area contributed by atoms with E-state index in [0.717, 1.165) is 12.1 Å². The molecule has 0 aliphatic carbocycles. The summed E-state index contributed by atoms with van der Waals surface area (Å²) < 4.78 is 22.6. The standard InChI is InChI=1S/C13H22N4O2S/c1-9(2)7-16-13(14)17-8-11-4-5-12(10(3)6-11)20(15,18)19/h4-6,9H,7-8H2,1-3H3,(H3,14,16,17)(H2,15,18,19). The van der Waals surface area contributed by atoms with Gasteiger partial charge in [0.1, 0.15) is 0 Å². The van der Waals surface area contributed by atoms with Gasteiger partial charge in [-0.3, -0.25) is 0 Å². The van der Waals surface area contributed by atoms with Crippen LogP contribution in [0.5, 0.6) is 0 Å². The van der Waals surface area contributed by atoms with Crippen molar-refractivity contribution in [1.29, 1.82) is 0 Å². The number of rotatable bonds is 5. The predicted octanol–water partition coefficient (Wildman–Crippen LogP) is 0.703. The van der Waals surface area contributed by atoms with Crippen LogP contribution in [0.3, 0.4) is 0 Å². The fourth-order valence-electron chi connectivity index (χ4n) is 1.67. The van der Waals surface area contributed by atoms with Gasteiger partial charge in [-0.05, 0) is 30.0 Å². The van der Waals surface area contributed by atoms with Gasteiger partial charge in [0.2, 0.25) is 10.0 Å². The maximum Gasteiger partial charge on any atom is 0.238 e. The molecule has 1 rings (SSSR count). The second-order valence-electron chi connectivity index (χ2n) is 5.12. The van der Waals surface area contributed by atoms with Crippen LogP contribution in [-0.4, -0.2) is 20.9 Å². The third-order valence-electron chi connectivity index (χ3n) is 2.67. The van der Waals surface area contributed by atoms with Gasteiger partial charge in [0.25, 0.3) is 0 Å². The summed E-state index contributed by atoms with van der Waals surface area (Å²) in [6, 6.07) is 4.93. The summed E-state index contributed by atoms with van der Waals surface area (Å²) in [6.07, 6.45) is 0.